The van der Waals surface area contributed by atoms with E-state index in [4.69, 9.17) is 4.74 Å². The molecule has 0 aromatic heterocycles. The molecule has 8 nitrogen and oxygen atoms in total. The highest BCUT2D eigenvalue weighted by atomic mass is 32.2. The molecule has 9 heteroatoms. The molecule has 1 atom stereocenters. The summed E-state index contributed by atoms with van der Waals surface area (Å²) in [6, 6.07) is 18.6. The first-order valence-corrected chi connectivity index (χ1v) is 16.3. The van der Waals surface area contributed by atoms with Crippen molar-refractivity contribution < 1.29 is 22.7 Å². The van der Waals surface area contributed by atoms with Gasteiger partial charge in [0, 0.05) is 12.6 Å². The van der Waals surface area contributed by atoms with E-state index in [0.29, 0.717) is 11.4 Å². The number of hydrogen-bond donors (Lipinski definition) is 1. The zero-order valence-electron chi connectivity index (χ0n) is 25.8. The molecule has 0 bridgehead atoms. The van der Waals surface area contributed by atoms with Crippen LogP contribution < -0.4 is 14.4 Å². The van der Waals surface area contributed by atoms with Crippen molar-refractivity contribution in [3.8, 4) is 5.75 Å². The number of aryl methyl sites for hydroxylation is 3. The molecule has 1 N–H and O–H groups in total. The number of amides is 2. The summed E-state index contributed by atoms with van der Waals surface area (Å²) in [4.78, 5) is 29.3. The van der Waals surface area contributed by atoms with Gasteiger partial charge in [-0.2, -0.15) is 0 Å². The topological polar surface area (TPSA) is 96.0 Å². The van der Waals surface area contributed by atoms with Crippen molar-refractivity contribution in [2.75, 3.05) is 18.0 Å². The third-order valence-corrected chi connectivity index (χ3v) is 9.91. The van der Waals surface area contributed by atoms with Gasteiger partial charge in [0.05, 0.1) is 17.7 Å². The number of nitrogens with one attached hydrogen (secondary N) is 1. The number of sulfonamides is 1. The first kappa shape index (κ1) is 32.1. The maximum atomic E-state index is 14.2. The van der Waals surface area contributed by atoms with Crippen LogP contribution in [0, 0.1) is 20.8 Å². The van der Waals surface area contributed by atoms with Crippen molar-refractivity contribution in [2.24, 2.45) is 0 Å². The van der Waals surface area contributed by atoms with Crippen molar-refractivity contribution in [3.63, 3.8) is 0 Å². The number of nitrogens with zero attached hydrogens (tertiary/aromatic N) is 2. The van der Waals surface area contributed by atoms with Gasteiger partial charge in [0.15, 0.2) is 0 Å². The van der Waals surface area contributed by atoms with Gasteiger partial charge >= 0.3 is 0 Å². The Labute approximate surface area is 256 Å². The van der Waals surface area contributed by atoms with Gasteiger partial charge in [-0.25, -0.2) is 8.42 Å². The average molecular weight is 606 g/mol. The predicted molar refractivity (Wildman–Crippen MR) is 170 cm³/mol. The highest BCUT2D eigenvalue weighted by molar-refractivity contribution is 7.92. The van der Waals surface area contributed by atoms with Crippen LogP contribution in [0.3, 0.4) is 0 Å². The molecule has 4 rings (SSSR count). The summed E-state index contributed by atoms with van der Waals surface area (Å²) in [7, 11) is -2.53. The molecular weight excluding hydrogens is 562 g/mol. The van der Waals surface area contributed by atoms with E-state index in [1.807, 2.05) is 45.0 Å². The van der Waals surface area contributed by atoms with E-state index < -0.39 is 28.5 Å². The van der Waals surface area contributed by atoms with Gasteiger partial charge in [-0.3, -0.25) is 13.9 Å². The molecule has 1 aliphatic carbocycles. The number of hydrogen-bond acceptors (Lipinski definition) is 5. The lowest BCUT2D eigenvalue weighted by Gasteiger charge is -2.33. The number of anilines is 1. The Balaban J connectivity index is 1.70. The van der Waals surface area contributed by atoms with Crippen molar-refractivity contribution in [2.45, 2.75) is 83.3 Å². The van der Waals surface area contributed by atoms with Gasteiger partial charge in [0.25, 0.3) is 10.0 Å². The number of carbonyl (C=O) groups is 2. The molecule has 1 aliphatic rings. The molecule has 0 spiro atoms. The van der Waals surface area contributed by atoms with Crippen LogP contribution in [0.1, 0.15) is 61.3 Å². The van der Waals surface area contributed by atoms with E-state index in [0.717, 1.165) is 54.4 Å². The Morgan fingerprint density at radius 2 is 1.53 bits per heavy atom. The molecule has 1 saturated carbocycles. The number of benzene rings is 3. The summed E-state index contributed by atoms with van der Waals surface area (Å²) in [5, 5.41) is 3.14. The maximum absolute atomic E-state index is 14.2. The normalized spacial score (nSPS) is 14.5. The second-order valence-corrected chi connectivity index (χ2v) is 13.4. The van der Waals surface area contributed by atoms with E-state index in [2.05, 4.69) is 5.32 Å². The lowest BCUT2D eigenvalue weighted by Crippen LogP contribution is -2.53. The molecule has 230 valence electrons. The van der Waals surface area contributed by atoms with Crippen molar-refractivity contribution in [3.05, 3.63) is 89.0 Å². The average Bonchev–Trinajstić information content (AvgIpc) is 2.99. The quantitative estimate of drug-likeness (QED) is 0.303. The van der Waals surface area contributed by atoms with Crippen LogP contribution in [0.25, 0.3) is 0 Å². The lowest BCUT2D eigenvalue weighted by molar-refractivity contribution is -0.139. The fourth-order valence-corrected chi connectivity index (χ4v) is 6.99. The standard InChI is InChI=1S/C34H43N3O5S/c1-24-11-18-31(19-12-24)43(40,41)37(32-20-13-25(2)21-26(32)3)23-33(38)36(22-28-14-16-30(42-5)17-15-28)27(4)34(39)35-29-9-7-6-8-10-29/h11-21,27,29H,6-10,22-23H2,1-5H3,(H,35,39)/t27-/m0/s1. The van der Waals surface area contributed by atoms with Crippen molar-refractivity contribution >= 4 is 27.5 Å². The minimum atomic E-state index is -4.12. The number of methoxy groups -OCH3 is 1. The van der Waals surface area contributed by atoms with E-state index in [1.165, 1.54) is 9.21 Å². The van der Waals surface area contributed by atoms with Gasteiger partial charge in [0.1, 0.15) is 18.3 Å². The summed E-state index contributed by atoms with van der Waals surface area (Å²) in [5.41, 5.74) is 3.85. The van der Waals surface area contributed by atoms with Crippen LogP contribution in [-0.4, -0.2) is 50.9 Å². The fraction of sp³-hybridized carbons (Fsp3) is 0.412. The fourth-order valence-electron chi connectivity index (χ4n) is 5.51. The number of rotatable bonds is 11. The van der Waals surface area contributed by atoms with Crippen LogP contribution in [0.4, 0.5) is 5.69 Å². The first-order valence-electron chi connectivity index (χ1n) is 14.9. The highest BCUT2D eigenvalue weighted by Crippen LogP contribution is 2.29. The molecule has 1 fully saturated rings. The molecule has 2 amide bonds. The van der Waals surface area contributed by atoms with Crippen LogP contribution in [0.2, 0.25) is 0 Å². The summed E-state index contributed by atoms with van der Waals surface area (Å²) < 4.78 is 34.6. The zero-order valence-corrected chi connectivity index (χ0v) is 26.6. The Kier molecular flexibility index (Phi) is 10.5. The van der Waals surface area contributed by atoms with Crippen LogP contribution >= 0.6 is 0 Å². The van der Waals surface area contributed by atoms with Crippen molar-refractivity contribution in [1.82, 2.24) is 10.2 Å². The highest BCUT2D eigenvalue weighted by Gasteiger charge is 2.33. The smallest absolute Gasteiger partial charge is 0.264 e. The molecule has 0 heterocycles. The zero-order chi connectivity index (χ0) is 31.1. The molecule has 0 unspecified atom stereocenters. The third-order valence-electron chi connectivity index (χ3n) is 8.14. The molecule has 0 radical (unpaired) electrons. The van der Waals surface area contributed by atoms with Gasteiger partial charge < -0.3 is 15.0 Å². The van der Waals surface area contributed by atoms with Gasteiger partial charge in [-0.1, -0.05) is 66.8 Å². The van der Waals surface area contributed by atoms with E-state index in [9.17, 15) is 18.0 Å². The molecule has 3 aromatic carbocycles. The Hall–Kier alpha value is -3.85. The molecule has 0 saturated heterocycles. The van der Waals surface area contributed by atoms with Crippen LogP contribution in [-0.2, 0) is 26.2 Å². The van der Waals surface area contributed by atoms with Crippen molar-refractivity contribution in [1.29, 1.82) is 0 Å². The minimum Gasteiger partial charge on any atom is -0.497 e. The summed E-state index contributed by atoms with van der Waals surface area (Å²) in [6.07, 6.45) is 5.12. The minimum absolute atomic E-state index is 0.0789. The number of ether oxygens (including phenoxy) is 1. The van der Waals surface area contributed by atoms with Gasteiger partial charge in [0.2, 0.25) is 11.8 Å². The summed E-state index contributed by atoms with van der Waals surface area (Å²) in [5.74, 6) is -0.0408. The molecule has 43 heavy (non-hydrogen) atoms. The predicted octanol–water partition coefficient (Wildman–Crippen LogP) is 5.68. The SMILES string of the molecule is COc1ccc(CN(C(=O)CN(c2ccc(C)cc2C)S(=O)(=O)c2ccc(C)cc2)[C@@H](C)C(=O)NC2CCCCC2)cc1. The van der Waals surface area contributed by atoms with E-state index in [1.54, 1.807) is 56.5 Å². The Morgan fingerprint density at radius 1 is 0.907 bits per heavy atom. The first-order chi connectivity index (χ1) is 20.5. The maximum Gasteiger partial charge on any atom is 0.264 e. The van der Waals surface area contributed by atoms with Crippen LogP contribution in [0.15, 0.2) is 71.6 Å². The van der Waals surface area contributed by atoms with Crippen LogP contribution in [0.5, 0.6) is 5.75 Å². The Bertz CT molecular complexity index is 1510. The molecular formula is C34H43N3O5S. The van der Waals surface area contributed by atoms with E-state index >= 15 is 0 Å². The van der Waals surface area contributed by atoms with Gasteiger partial charge in [-0.15, -0.1) is 0 Å². The van der Waals surface area contributed by atoms with E-state index in [-0.39, 0.29) is 23.4 Å². The summed E-state index contributed by atoms with van der Waals surface area (Å²) in [6.45, 7) is 7.03. The second-order valence-electron chi connectivity index (χ2n) is 11.5. The Morgan fingerprint density at radius 3 is 2.14 bits per heavy atom. The lowest BCUT2D eigenvalue weighted by atomic mass is 9.95. The third kappa shape index (κ3) is 7.96. The monoisotopic (exact) mass is 605 g/mol. The van der Waals surface area contributed by atoms with Gasteiger partial charge in [-0.05, 0) is 82.0 Å². The summed E-state index contributed by atoms with van der Waals surface area (Å²) >= 11 is 0. The largest absolute Gasteiger partial charge is 0.497 e. The second kappa shape index (κ2) is 14.1. The number of carbonyl (C=O) groups excluding carboxylic acids is 2. The molecule has 3 aromatic rings. The molecule has 0 aliphatic heterocycles.